The van der Waals surface area contributed by atoms with E-state index in [9.17, 15) is 0 Å². The highest BCUT2D eigenvalue weighted by Gasteiger charge is 2.09. The van der Waals surface area contributed by atoms with E-state index in [0.717, 1.165) is 9.24 Å². The van der Waals surface area contributed by atoms with Crippen molar-refractivity contribution in [3.8, 4) is 0 Å². The molecule has 0 fully saturated rings. The van der Waals surface area contributed by atoms with Crippen LogP contribution in [0.1, 0.15) is 4.88 Å². The van der Waals surface area contributed by atoms with Gasteiger partial charge in [-0.15, -0.1) is 11.3 Å². The lowest BCUT2D eigenvalue weighted by Crippen LogP contribution is -1.75. The fraction of sp³-hybridized carbons (Fsp3) is 0.0714. The van der Waals surface area contributed by atoms with Gasteiger partial charge in [-0.2, -0.15) is 0 Å². The summed E-state index contributed by atoms with van der Waals surface area (Å²) in [6.45, 7) is -0.0607. The van der Waals surface area contributed by atoms with Gasteiger partial charge in [0.2, 0.25) is 0 Å². The van der Waals surface area contributed by atoms with Crippen LogP contribution in [0.2, 0.25) is 5.15 Å². The first kappa shape index (κ1) is 12.9. The van der Waals surface area contributed by atoms with Crippen molar-refractivity contribution in [1.29, 1.82) is 0 Å². The quantitative estimate of drug-likeness (QED) is 0.768. The van der Waals surface area contributed by atoms with E-state index in [1.807, 2.05) is 12.1 Å². The van der Waals surface area contributed by atoms with Crippen LogP contribution in [0, 0.1) is 0 Å². The summed E-state index contributed by atoms with van der Waals surface area (Å²) in [6.07, 6.45) is 0. The van der Waals surface area contributed by atoms with Crippen LogP contribution in [0.5, 0.6) is 0 Å². The topological polar surface area (TPSA) is 33.1 Å². The molecule has 5 heteroatoms. The highest BCUT2D eigenvalue weighted by molar-refractivity contribution is 8.01. The predicted molar refractivity (Wildman–Crippen MR) is 81.1 cm³/mol. The van der Waals surface area contributed by atoms with Crippen LogP contribution in [0.4, 0.5) is 0 Å². The lowest BCUT2D eigenvalue weighted by atomic mass is 10.1. The molecule has 3 aromatic rings. The van der Waals surface area contributed by atoms with Gasteiger partial charge in [0.05, 0.1) is 11.5 Å². The maximum Gasteiger partial charge on any atom is 0.156 e. The van der Waals surface area contributed by atoms with E-state index in [4.69, 9.17) is 16.7 Å². The highest BCUT2D eigenvalue weighted by Crippen LogP contribution is 2.35. The van der Waals surface area contributed by atoms with Gasteiger partial charge in [-0.3, -0.25) is 0 Å². The average Bonchev–Trinajstić information content (AvgIpc) is 2.78. The van der Waals surface area contributed by atoms with Crippen LogP contribution >= 0.6 is 34.7 Å². The summed E-state index contributed by atoms with van der Waals surface area (Å²) in [5.41, 5.74) is 0. The lowest BCUT2D eigenvalue weighted by Gasteiger charge is -2.01. The molecular weight excluding hydrogens is 298 g/mol. The number of aliphatic hydroxyl groups excluding tert-OH is 1. The van der Waals surface area contributed by atoms with Crippen molar-refractivity contribution in [1.82, 2.24) is 4.98 Å². The summed E-state index contributed by atoms with van der Waals surface area (Å²) in [5.74, 6) is 0. The van der Waals surface area contributed by atoms with Crippen molar-refractivity contribution in [2.75, 3.05) is 0 Å². The molecule has 0 spiro atoms. The van der Waals surface area contributed by atoms with Gasteiger partial charge >= 0.3 is 0 Å². The fourth-order valence-electron chi connectivity index (χ4n) is 1.79. The molecule has 0 aliphatic rings. The van der Waals surface area contributed by atoms with E-state index in [1.54, 1.807) is 11.8 Å². The summed E-state index contributed by atoms with van der Waals surface area (Å²) in [4.78, 5) is 6.08. The van der Waals surface area contributed by atoms with E-state index in [0.29, 0.717) is 10.0 Å². The van der Waals surface area contributed by atoms with Crippen molar-refractivity contribution >= 4 is 45.5 Å². The summed E-state index contributed by atoms with van der Waals surface area (Å²) < 4.78 is 0.851. The van der Waals surface area contributed by atoms with Crippen LogP contribution in [0.3, 0.4) is 0 Å². The van der Waals surface area contributed by atoms with E-state index in [1.165, 1.54) is 22.1 Å². The average molecular weight is 308 g/mol. The summed E-state index contributed by atoms with van der Waals surface area (Å²) in [7, 11) is 0. The third-order valence-corrected chi connectivity index (χ3v) is 5.21. The molecule has 3 rings (SSSR count). The molecule has 0 amide bonds. The number of nitrogens with zero attached hydrogens (tertiary/aromatic N) is 1. The zero-order valence-electron chi connectivity index (χ0n) is 9.84. The van der Waals surface area contributed by atoms with Crippen LogP contribution in [0.15, 0.2) is 51.7 Å². The molecule has 0 unspecified atom stereocenters. The number of thiazole rings is 1. The molecule has 0 bridgehead atoms. The third kappa shape index (κ3) is 2.77. The van der Waals surface area contributed by atoms with Crippen molar-refractivity contribution in [3.05, 3.63) is 52.5 Å². The first-order valence-corrected chi connectivity index (χ1v) is 7.70. The second-order valence-electron chi connectivity index (χ2n) is 3.96. The summed E-state index contributed by atoms with van der Waals surface area (Å²) in [6, 6.07) is 14.5. The number of aliphatic hydroxyl groups is 1. The van der Waals surface area contributed by atoms with Gasteiger partial charge in [0.15, 0.2) is 4.34 Å². The second kappa shape index (κ2) is 5.51. The molecule has 1 aromatic heterocycles. The number of fused-ring (bicyclic) bond motifs is 1. The van der Waals surface area contributed by atoms with Gasteiger partial charge in [0.1, 0.15) is 5.15 Å². The lowest BCUT2D eigenvalue weighted by molar-refractivity contribution is 0.285. The van der Waals surface area contributed by atoms with Crippen LogP contribution in [-0.4, -0.2) is 10.1 Å². The fourth-order valence-corrected chi connectivity index (χ4v) is 4.11. The highest BCUT2D eigenvalue weighted by atomic mass is 35.5. The number of rotatable bonds is 3. The Morgan fingerprint density at radius 3 is 2.68 bits per heavy atom. The number of hydrogen-bond donors (Lipinski definition) is 1. The maximum atomic E-state index is 9.12. The Balaban J connectivity index is 1.91. The van der Waals surface area contributed by atoms with Crippen LogP contribution < -0.4 is 0 Å². The zero-order valence-corrected chi connectivity index (χ0v) is 12.2. The third-order valence-electron chi connectivity index (χ3n) is 2.70. The molecule has 1 heterocycles. The molecule has 2 aromatic carbocycles. The smallest absolute Gasteiger partial charge is 0.156 e. The largest absolute Gasteiger partial charge is 0.391 e. The van der Waals surface area contributed by atoms with Gasteiger partial charge in [0, 0.05) is 4.90 Å². The van der Waals surface area contributed by atoms with Crippen molar-refractivity contribution in [2.45, 2.75) is 15.8 Å². The molecular formula is C14H10ClNOS2. The van der Waals surface area contributed by atoms with Gasteiger partial charge in [0.25, 0.3) is 0 Å². The van der Waals surface area contributed by atoms with Crippen LogP contribution in [-0.2, 0) is 6.61 Å². The molecule has 0 aliphatic heterocycles. The molecule has 0 aliphatic carbocycles. The second-order valence-corrected chi connectivity index (χ2v) is 6.73. The van der Waals surface area contributed by atoms with Crippen LogP contribution in [0.25, 0.3) is 10.8 Å². The molecule has 2 nitrogen and oxygen atoms in total. The van der Waals surface area contributed by atoms with Gasteiger partial charge in [-0.1, -0.05) is 53.7 Å². The number of hydrogen-bond acceptors (Lipinski definition) is 4. The minimum Gasteiger partial charge on any atom is -0.391 e. The number of benzene rings is 2. The van der Waals surface area contributed by atoms with Gasteiger partial charge in [-0.25, -0.2) is 4.98 Å². The monoisotopic (exact) mass is 307 g/mol. The zero-order chi connectivity index (χ0) is 13.2. The molecule has 0 saturated heterocycles. The normalized spacial score (nSPS) is 11.1. The number of halogens is 1. The van der Waals surface area contributed by atoms with E-state index < -0.39 is 0 Å². The maximum absolute atomic E-state index is 9.12. The molecule has 0 saturated carbocycles. The van der Waals surface area contributed by atoms with E-state index >= 15 is 0 Å². The van der Waals surface area contributed by atoms with E-state index in [2.05, 4.69) is 35.3 Å². The Morgan fingerprint density at radius 2 is 1.95 bits per heavy atom. The first-order valence-electron chi connectivity index (χ1n) is 5.69. The first-order chi connectivity index (χ1) is 9.26. The molecule has 0 radical (unpaired) electrons. The minimum absolute atomic E-state index is 0.0607. The summed E-state index contributed by atoms with van der Waals surface area (Å²) >= 11 is 8.93. The molecule has 96 valence electrons. The summed E-state index contributed by atoms with van der Waals surface area (Å²) in [5, 5.41) is 11.9. The Bertz CT molecular complexity index is 726. The molecule has 1 N–H and O–H groups in total. The standard InChI is InChI=1S/C14H10ClNOS2/c15-13-12(8-17)19-14(16-13)18-11-6-5-9-3-1-2-4-10(9)7-11/h1-7,17H,8H2. The van der Waals surface area contributed by atoms with Gasteiger partial charge in [-0.05, 0) is 22.9 Å². The van der Waals surface area contributed by atoms with Crippen molar-refractivity contribution in [2.24, 2.45) is 0 Å². The molecule has 0 atom stereocenters. The minimum atomic E-state index is -0.0607. The Kier molecular flexibility index (Phi) is 3.75. The van der Waals surface area contributed by atoms with E-state index in [-0.39, 0.29) is 6.61 Å². The number of aromatic nitrogens is 1. The predicted octanol–water partition coefficient (Wildman–Crippen LogP) is 4.59. The Morgan fingerprint density at radius 1 is 1.16 bits per heavy atom. The van der Waals surface area contributed by atoms with Crippen molar-refractivity contribution in [3.63, 3.8) is 0 Å². The molecule has 19 heavy (non-hydrogen) atoms. The Labute approximate surface area is 124 Å². The van der Waals surface area contributed by atoms with Gasteiger partial charge < -0.3 is 5.11 Å². The van der Waals surface area contributed by atoms with Crippen molar-refractivity contribution < 1.29 is 5.11 Å². The SMILES string of the molecule is OCc1sc(Sc2ccc3ccccc3c2)nc1Cl. The Hall–Kier alpha value is -1.07.